The molecule has 3 heterocycles. The van der Waals surface area contributed by atoms with Crippen LogP contribution in [0.5, 0.6) is 0 Å². The number of rotatable bonds is 4. The van der Waals surface area contributed by atoms with Crippen LogP contribution in [0.3, 0.4) is 0 Å². The fourth-order valence-corrected chi connectivity index (χ4v) is 6.55. The molecule has 8 rings (SSSR count). The number of aromatic nitrogens is 2. The molecule has 40 heavy (non-hydrogen) atoms. The van der Waals surface area contributed by atoms with Gasteiger partial charge >= 0.3 is 0 Å². The Morgan fingerprint density at radius 1 is 0.650 bits per heavy atom. The molecule has 0 bridgehead atoms. The average Bonchev–Trinajstić information content (AvgIpc) is 3.59. The molecule has 2 aromatic heterocycles. The van der Waals surface area contributed by atoms with Gasteiger partial charge < -0.3 is 5.32 Å². The van der Waals surface area contributed by atoms with Gasteiger partial charge in [0.05, 0.1) is 27.0 Å². The summed E-state index contributed by atoms with van der Waals surface area (Å²) in [6, 6.07) is 44.4. The molecular formula is C35H24N4S. The summed E-state index contributed by atoms with van der Waals surface area (Å²) in [6.07, 6.45) is 1.96. The van der Waals surface area contributed by atoms with Crippen molar-refractivity contribution in [1.82, 2.24) is 14.9 Å². The van der Waals surface area contributed by atoms with Crippen molar-refractivity contribution in [2.75, 3.05) is 0 Å². The molecule has 0 spiro atoms. The Morgan fingerprint density at radius 2 is 1.32 bits per heavy atom. The molecule has 190 valence electrons. The van der Waals surface area contributed by atoms with E-state index in [4.69, 9.17) is 9.98 Å². The van der Waals surface area contributed by atoms with Gasteiger partial charge in [0.1, 0.15) is 17.0 Å². The monoisotopic (exact) mass is 532 g/mol. The first-order valence-electron chi connectivity index (χ1n) is 13.4. The van der Waals surface area contributed by atoms with E-state index in [9.17, 15) is 0 Å². The van der Waals surface area contributed by atoms with E-state index in [0.29, 0.717) is 0 Å². The minimum atomic E-state index is -0.208. The third-order valence-corrected chi connectivity index (χ3v) is 8.52. The summed E-state index contributed by atoms with van der Waals surface area (Å²) in [7, 11) is 0. The summed E-state index contributed by atoms with van der Waals surface area (Å²) in [6.45, 7) is 0. The quantitative estimate of drug-likeness (QED) is 0.246. The topological polar surface area (TPSA) is 42.2 Å². The zero-order chi connectivity index (χ0) is 26.5. The third kappa shape index (κ3) is 3.82. The van der Waals surface area contributed by atoms with E-state index in [1.165, 1.54) is 15.5 Å². The van der Waals surface area contributed by atoms with Crippen LogP contribution in [-0.4, -0.2) is 15.3 Å². The van der Waals surface area contributed by atoms with Crippen molar-refractivity contribution in [3.05, 3.63) is 145 Å². The molecule has 1 atom stereocenters. The summed E-state index contributed by atoms with van der Waals surface area (Å²) < 4.78 is 3.52. The standard InChI is InChI=1S/C35H24N4S/c1-4-12-23(13-5-1)28-22-33(38-34(36-28)24-14-6-2-7-15-24)39-30-19-11-10-18-26(30)27-20-32-29(21-31(27)39)37-35(40-32)25-16-8-3-9-17-25/h1-22,34,38H. The van der Waals surface area contributed by atoms with Gasteiger partial charge in [0.25, 0.3) is 0 Å². The summed E-state index contributed by atoms with van der Waals surface area (Å²) in [4.78, 5) is 10.2. The van der Waals surface area contributed by atoms with Gasteiger partial charge in [-0.05, 0) is 29.3 Å². The minimum Gasteiger partial charge on any atom is -0.346 e. The van der Waals surface area contributed by atoms with E-state index < -0.39 is 0 Å². The lowest BCUT2D eigenvalue weighted by Crippen LogP contribution is -2.27. The molecule has 1 aliphatic rings. The predicted octanol–water partition coefficient (Wildman–Crippen LogP) is 8.66. The second kappa shape index (κ2) is 9.33. The highest BCUT2D eigenvalue weighted by Gasteiger charge is 2.23. The van der Waals surface area contributed by atoms with Gasteiger partial charge in [-0.2, -0.15) is 0 Å². The maximum Gasteiger partial charge on any atom is 0.146 e. The number of hydrogen-bond acceptors (Lipinski definition) is 4. The summed E-state index contributed by atoms with van der Waals surface area (Å²) >= 11 is 1.74. The zero-order valence-corrected chi connectivity index (χ0v) is 22.3. The first-order chi connectivity index (χ1) is 19.8. The summed E-state index contributed by atoms with van der Waals surface area (Å²) in [5.41, 5.74) is 7.60. The van der Waals surface area contributed by atoms with Gasteiger partial charge in [-0.1, -0.05) is 109 Å². The largest absolute Gasteiger partial charge is 0.346 e. The average molecular weight is 533 g/mol. The molecule has 5 aromatic carbocycles. The molecule has 0 aliphatic carbocycles. The highest BCUT2D eigenvalue weighted by molar-refractivity contribution is 7.21. The minimum absolute atomic E-state index is 0.208. The molecule has 0 fully saturated rings. The number of hydrogen-bond donors (Lipinski definition) is 1. The van der Waals surface area contributed by atoms with Crippen molar-refractivity contribution < 1.29 is 0 Å². The molecule has 7 aromatic rings. The van der Waals surface area contributed by atoms with Crippen molar-refractivity contribution in [3.63, 3.8) is 0 Å². The maximum absolute atomic E-state index is 5.13. The number of allylic oxidation sites excluding steroid dienone is 1. The number of aliphatic imine (C=N–C) groups is 1. The van der Waals surface area contributed by atoms with Gasteiger partial charge in [-0.25, -0.2) is 4.98 Å². The molecule has 1 unspecified atom stereocenters. The van der Waals surface area contributed by atoms with Crippen LogP contribution in [-0.2, 0) is 0 Å². The van der Waals surface area contributed by atoms with Crippen LogP contribution in [0.4, 0.5) is 0 Å². The van der Waals surface area contributed by atoms with E-state index in [0.717, 1.165) is 49.8 Å². The van der Waals surface area contributed by atoms with Crippen LogP contribution in [0.15, 0.2) is 138 Å². The molecule has 0 radical (unpaired) electrons. The number of benzene rings is 5. The highest BCUT2D eigenvalue weighted by atomic mass is 32.1. The van der Waals surface area contributed by atoms with Crippen molar-refractivity contribution in [1.29, 1.82) is 0 Å². The molecule has 5 heteroatoms. The Kier molecular flexibility index (Phi) is 5.35. The summed E-state index contributed by atoms with van der Waals surface area (Å²) in [5, 5.41) is 7.23. The van der Waals surface area contributed by atoms with Crippen LogP contribution in [0.2, 0.25) is 0 Å². The number of nitrogens with zero attached hydrogens (tertiary/aromatic N) is 3. The van der Waals surface area contributed by atoms with Gasteiger partial charge in [0, 0.05) is 22.4 Å². The second-order valence-corrected chi connectivity index (χ2v) is 11.0. The van der Waals surface area contributed by atoms with Crippen LogP contribution < -0.4 is 5.32 Å². The zero-order valence-electron chi connectivity index (χ0n) is 21.5. The molecule has 0 amide bonds. The molecular weight excluding hydrogens is 508 g/mol. The normalized spacial score (nSPS) is 15.2. The molecule has 1 N–H and O–H groups in total. The molecule has 0 saturated carbocycles. The lowest BCUT2D eigenvalue weighted by atomic mass is 10.1. The van der Waals surface area contributed by atoms with Crippen LogP contribution in [0, 0.1) is 0 Å². The van der Waals surface area contributed by atoms with Gasteiger partial charge in [-0.3, -0.25) is 9.56 Å². The lowest BCUT2D eigenvalue weighted by molar-refractivity contribution is 0.646. The Morgan fingerprint density at radius 3 is 2.10 bits per heavy atom. The van der Waals surface area contributed by atoms with Crippen LogP contribution >= 0.6 is 11.3 Å². The van der Waals surface area contributed by atoms with Gasteiger partial charge in [0.2, 0.25) is 0 Å². The van der Waals surface area contributed by atoms with E-state index >= 15 is 0 Å². The van der Waals surface area contributed by atoms with Crippen LogP contribution in [0.25, 0.3) is 48.4 Å². The SMILES string of the molecule is C1=C(n2c3ccccc3c3cc4sc(-c5ccccc5)nc4cc32)NC(c2ccccc2)N=C1c1ccccc1. The predicted molar refractivity (Wildman–Crippen MR) is 168 cm³/mol. The van der Waals surface area contributed by atoms with Gasteiger partial charge in [-0.15, -0.1) is 11.3 Å². The van der Waals surface area contributed by atoms with Crippen molar-refractivity contribution in [3.8, 4) is 10.6 Å². The van der Waals surface area contributed by atoms with E-state index in [1.807, 2.05) is 18.2 Å². The Labute approximate surface area is 235 Å². The fourth-order valence-electron chi connectivity index (χ4n) is 5.56. The first kappa shape index (κ1) is 22.9. The summed E-state index contributed by atoms with van der Waals surface area (Å²) in [5.74, 6) is 0.992. The highest BCUT2D eigenvalue weighted by Crippen LogP contribution is 2.38. The number of fused-ring (bicyclic) bond motifs is 4. The van der Waals surface area contributed by atoms with Gasteiger partial charge in [0.15, 0.2) is 0 Å². The smallest absolute Gasteiger partial charge is 0.146 e. The maximum atomic E-state index is 5.13. The van der Waals surface area contributed by atoms with E-state index in [-0.39, 0.29) is 6.17 Å². The molecule has 0 saturated heterocycles. The number of thiazole rings is 1. The second-order valence-electron chi connectivity index (χ2n) is 9.94. The van der Waals surface area contributed by atoms with E-state index in [2.05, 4.69) is 125 Å². The lowest BCUT2D eigenvalue weighted by Gasteiger charge is -2.26. The van der Waals surface area contributed by atoms with Crippen molar-refractivity contribution >= 4 is 54.9 Å². The Hall–Kier alpha value is -5.00. The number of nitrogens with one attached hydrogen (secondary N) is 1. The number of para-hydroxylation sites is 1. The third-order valence-electron chi connectivity index (χ3n) is 7.45. The van der Waals surface area contributed by atoms with Crippen molar-refractivity contribution in [2.24, 2.45) is 4.99 Å². The van der Waals surface area contributed by atoms with Crippen molar-refractivity contribution in [2.45, 2.75) is 6.17 Å². The molecule has 4 nitrogen and oxygen atoms in total. The fraction of sp³-hybridized carbons (Fsp3) is 0.0286. The Bertz CT molecular complexity index is 2070. The first-order valence-corrected chi connectivity index (χ1v) is 14.2. The molecule has 1 aliphatic heterocycles. The van der Waals surface area contributed by atoms with E-state index in [1.54, 1.807) is 11.3 Å². The van der Waals surface area contributed by atoms with Crippen LogP contribution in [0.1, 0.15) is 17.3 Å². The Balaban J connectivity index is 1.36.